The van der Waals surface area contributed by atoms with Crippen molar-refractivity contribution in [3.8, 4) is 5.75 Å². The van der Waals surface area contributed by atoms with E-state index >= 15 is 0 Å². The van der Waals surface area contributed by atoms with Crippen LogP contribution in [0.2, 0.25) is 0 Å². The van der Waals surface area contributed by atoms with E-state index in [2.05, 4.69) is 21.2 Å². The fraction of sp³-hybridized carbons (Fsp3) is 0.417. The normalized spacial score (nSPS) is 16.6. The van der Waals surface area contributed by atoms with Crippen molar-refractivity contribution in [2.24, 2.45) is 0 Å². The summed E-state index contributed by atoms with van der Waals surface area (Å²) in [6.07, 6.45) is 0.967. The van der Waals surface area contributed by atoms with Crippen LogP contribution >= 0.6 is 15.9 Å². The summed E-state index contributed by atoms with van der Waals surface area (Å²) >= 11 is 3.20. The smallest absolute Gasteiger partial charge is 0.254 e. The molecule has 2 rings (SSSR count). The number of carbonyl (C=O) groups is 1. The molecule has 92 valence electrons. The zero-order valence-electron chi connectivity index (χ0n) is 9.45. The van der Waals surface area contributed by atoms with Crippen LogP contribution in [-0.4, -0.2) is 42.1 Å². The van der Waals surface area contributed by atoms with Crippen LogP contribution in [0.15, 0.2) is 22.7 Å². The highest BCUT2D eigenvalue weighted by Gasteiger charge is 2.17. The van der Waals surface area contributed by atoms with Crippen molar-refractivity contribution >= 4 is 21.8 Å². The monoisotopic (exact) mass is 298 g/mol. The minimum Gasteiger partial charge on any atom is -0.507 e. The lowest BCUT2D eigenvalue weighted by Crippen LogP contribution is -2.34. The molecule has 1 aliphatic rings. The molecule has 1 aromatic carbocycles. The Morgan fingerprint density at radius 3 is 2.94 bits per heavy atom. The first-order valence-electron chi connectivity index (χ1n) is 5.67. The van der Waals surface area contributed by atoms with Gasteiger partial charge in [0, 0.05) is 25.2 Å². The Kier molecular flexibility index (Phi) is 4.02. The Morgan fingerprint density at radius 2 is 2.18 bits per heavy atom. The van der Waals surface area contributed by atoms with E-state index in [4.69, 9.17) is 0 Å². The number of carbonyl (C=O) groups excluding carboxylic acids is 1. The van der Waals surface area contributed by atoms with Crippen LogP contribution in [0.25, 0.3) is 0 Å². The number of aromatic hydroxyl groups is 1. The molecule has 17 heavy (non-hydrogen) atoms. The van der Waals surface area contributed by atoms with Crippen molar-refractivity contribution < 1.29 is 9.90 Å². The van der Waals surface area contributed by atoms with Gasteiger partial charge < -0.3 is 15.3 Å². The van der Waals surface area contributed by atoms with Gasteiger partial charge in [0.2, 0.25) is 0 Å². The lowest BCUT2D eigenvalue weighted by Gasteiger charge is -2.20. The molecular weight excluding hydrogens is 284 g/mol. The fourth-order valence-corrected chi connectivity index (χ4v) is 2.12. The van der Waals surface area contributed by atoms with Gasteiger partial charge in [-0.15, -0.1) is 0 Å². The van der Waals surface area contributed by atoms with Gasteiger partial charge >= 0.3 is 0 Å². The zero-order valence-corrected chi connectivity index (χ0v) is 11.0. The van der Waals surface area contributed by atoms with Crippen LogP contribution < -0.4 is 5.32 Å². The number of hydrogen-bond donors (Lipinski definition) is 2. The van der Waals surface area contributed by atoms with E-state index in [9.17, 15) is 9.90 Å². The van der Waals surface area contributed by atoms with Gasteiger partial charge in [-0.05, 0) is 47.1 Å². The van der Waals surface area contributed by atoms with Crippen molar-refractivity contribution in [2.45, 2.75) is 6.42 Å². The number of benzene rings is 1. The molecule has 1 fully saturated rings. The lowest BCUT2D eigenvalue weighted by molar-refractivity contribution is 0.0766. The summed E-state index contributed by atoms with van der Waals surface area (Å²) < 4.78 is 0.603. The molecule has 1 saturated heterocycles. The molecule has 1 aliphatic heterocycles. The minimum atomic E-state index is -0.0171. The Balaban J connectivity index is 2.14. The third-order valence-electron chi connectivity index (χ3n) is 2.82. The Morgan fingerprint density at radius 1 is 1.35 bits per heavy atom. The number of nitrogens with one attached hydrogen (secondary N) is 1. The van der Waals surface area contributed by atoms with Gasteiger partial charge in [-0.2, -0.15) is 0 Å². The highest BCUT2D eigenvalue weighted by molar-refractivity contribution is 9.10. The summed E-state index contributed by atoms with van der Waals surface area (Å²) in [7, 11) is 0. The third kappa shape index (κ3) is 2.98. The summed E-state index contributed by atoms with van der Waals surface area (Å²) in [5.74, 6) is 0.0836. The van der Waals surface area contributed by atoms with Crippen LogP contribution in [0, 0.1) is 0 Å². The van der Waals surface area contributed by atoms with E-state index in [0.29, 0.717) is 10.0 Å². The first-order chi connectivity index (χ1) is 8.18. The number of phenols is 1. The van der Waals surface area contributed by atoms with Gasteiger partial charge in [0.1, 0.15) is 5.75 Å². The maximum atomic E-state index is 12.2. The SMILES string of the molecule is O=C(c1ccc(Br)c(O)c1)N1CCCNCC1. The lowest BCUT2D eigenvalue weighted by atomic mass is 10.2. The standard InChI is InChI=1S/C12H15BrN2O2/c13-10-3-2-9(8-11(10)16)12(17)15-6-1-4-14-5-7-15/h2-3,8,14,16H,1,4-7H2. The Labute approximate surface area is 109 Å². The number of amides is 1. The molecule has 0 unspecified atom stereocenters. The highest BCUT2D eigenvalue weighted by Crippen LogP contribution is 2.24. The van der Waals surface area contributed by atoms with Crippen molar-refractivity contribution in [1.29, 1.82) is 0 Å². The van der Waals surface area contributed by atoms with E-state index in [1.165, 1.54) is 6.07 Å². The summed E-state index contributed by atoms with van der Waals surface area (Å²) in [6, 6.07) is 4.92. The second-order valence-electron chi connectivity index (χ2n) is 4.06. The first-order valence-corrected chi connectivity index (χ1v) is 6.46. The Hall–Kier alpha value is -1.07. The van der Waals surface area contributed by atoms with Gasteiger partial charge in [-0.3, -0.25) is 4.79 Å². The third-order valence-corrected chi connectivity index (χ3v) is 3.49. The second-order valence-corrected chi connectivity index (χ2v) is 4.92. The highest BCUT2D eigenvalue weighted by atomic mass is 79.9. The van der Waals surface area contributed by atoms with E-state index in [1.54, 1.807) is 12.1 Å². The largest absolute Gasteiger partial charge is 0.507 e. The molecule has 0 aromatic heterocycles. The average Bonchev–Trinajstić information content (AvgIpc) is 2.60. The van der Waals surface area contributed by atoms with Crippen molar-refractivity contribution in [3.63, 3.8) is 0 Å². The van der Waals surface area contributed by atoms with E-state index in [1.807, 2.05) is 4.90 Å². The number of rotatable bonds is 1. The molecule has 2 N–H and O–H groups in total. The maximum Gasteiger partial charge on any atom is 0.254 e. The van der Waals surface area contributed by atoms with Gasteiger partial charge in [0.05, 0.1) is 4.47 Å². The molecule has 0 spiro atoms. The van der Waals surface area contributed by atoms with E-state index in [-0.39, 0.29) is 11.7 Å². The van der Waals surface area contributed by atoms with Gasteiger partial charge in [0.15, 0.2) is 0 Å². The fourth-order valence-electron chi connectivity index (χ4n) is 1.88. The number of halogens is 1. The van der Waals surface area contributed by atoms with Crippen LogP contribution in [0.3, 0.4) is 0 Å². The predicted octanol–water partition coefficient (Wildman–Crippen LogP) is 1.59. The molecule has 0 saturated carbocycles. The van der Waals surface area contributed by atoms with Gasteiger partial charge in [-0.25, -0.2) is 0 Å². The average molecular weight is 299 g/mol. The quantitative estimate of drug-likeness (QED) is 0.828. The van der Waals surface area contributed by atoms with Crippen molar-refractivity contribution in [2.75, 3.05) is 26.2 Å². The van der Waals surface area contributed by atoms with Gasteiger partial charge in [0.25, 0.3) is 5.91 Å². The molecule has 5 heteroatoms. The maximum absolute atomic E-state index is 12.2. The molecule has 1 aromatic rings. The predicted molar refractivity (Wildman–Crippen MR) is 69.2 cm³/mol. The second kappa shape index (κ2) is 5.51. The van der Waals surface area contributed by atoms with Crippen molar-refractivity contribution in [1.82, 2.24) is 10.2 Å². The topological polar surface area (TPSA) is 52.6 Å². The van der Waals surface area contributed by atoms with Crippen LogP contribution in [0.5, 0.6) is 5.75 Å². The summed E-state index contributed by atoms with van der Waals surface area (Å²) in [6.45, 7) is 3.27. The number of phenolic OH excluding ortho intramolecular Hbond substituents is 1. The first kappa shape index (κ1) is 12.4. The summed E-state index contributed by atoms with van der Waals surface area (Å²) in [5.41, 5.74) is 0.535. The molecule has 4 nitrogen and oxygen atoms in total. The van der Waals surface area contributed by atoms with E-state index < -0.39 is 0 Å². The molecule has 0 radical (unpaired) electrons. The molecule has 1 amide bonds. The molecule has 0 aliphatic carbocycles. The zero-order chi connectivity index (χ0) is 12.3. The van der Waals surface area contributed by atoms with Crippen LogP contribution in [0.4, 0.5) is 0 Å². The van der Waals surface area contributed by atoms with Crippen LogP contribution in [0.1, 0.15) is 16.8 Å². The van der Waals surface area contributed by atoms with E-state index in [0.717, 1.165) is 32.6 Å². The van der Waals surface area contributed by atoms with Gasteiger partial charge in [-0.1, -0.05) is 0 Å². The summed E-state index contributed by atoms with van der Waals surface area (Å²) in [4.78, 5) is 14.0. The molecule has 0 bridgehead atoms. The minimum absolute atomic E-state index is 0.0171. The Bertz CT molecular complexity index is 415. The van der Waals surface area contributed by atoms with Crippen LogP contribution in [-0.2, 0) is 0 Å². The number of hydrogen-bond acceptors (Lipinski definition) is 3. The van der Waals surface area contributed by atoms with Crippen molar-refractivity contribution in [3.05, 3.63) is 28.2 Å². The number of nitrogens with zero attached hydrogens (tertiary/aromatic N) is 1. The molecule has 0 atom stereocenters. The summed E-state index contributed by atoms with van der Waals surface area (Å²) in [5, 5.41) is 12.8. The molecular formula is C12H15BrN2O2. The molecule has 1 heterocycles.